The topological polar surface area (TPSA) is 131 Å². The van der Waals surface area contributed by atoms with Crippen LogP contribution >= 0.6 is 7.82 Å². The van der Waals surface area contributed by atoms with Crippen LogP contribution in [-0.4, -0.2) is 81.2 Å². The van der Waals surface area contributed by atoms with Crippen molar-refractivity contribution in [3.63, 3.8) is 0 Å². The minimum atomic E-state index is -4.65. The third-order valence-electron chi connectivity index (χ3n) is 8.96. The Kier molecular flexibility index (Phi) is 34.9. The number of aliphatic hydroxyl groups is 1. The molecule has 11 heteroatoms. The molecular weight excluding hydrogens is 717 g/mol. The van der Waals surface area contributed by atoms with Crippen molar-refractivity contribution in [3.05, 3.63) is 48.6 Å². The molecule has 0 aliphatic carbocycles. The van der Waals surface area contributed by atoms with Crippen molar-refractivity contribution < 1.29 is 47.2 Å². The largest absolute Gasteiger partial charge is 0.756 e. The lowest BCUT2D eigenvalue weighted by atomic mass is 10.0. The van der Waals surface area contributed by atoms with E-state index >= 15 is 0 Å². The quantitative estimate of drug-likeness (QED) is 0.0162. The summed E-state index contributed by atoms with van der Waals surface area (Å²) >= 11 is 0. The van der Waals surface area contributed by atoms with E-state index in [1.54, 1.807) is 0 Å². The van der Waals surface area contributed by atoms with Crippen LogP contribution in [0.5, 0.6) is 0 Å². The number of aliphatic hydroxyl groups excluding tert-OH is 1. The summed E-state index contributed by atoms with van der Waals surface area (Å²) in [6.07, 6.45) is 37.5. The molecule has 0 bridgehead atoms. The summed E-state index contributed by atoms with van der Waals surface area (Å²) < 4.78 is 33.7. The average Bonchev–Trinajstić information content (AvgIpc) is 3.12. The van der Waals surface area contributed by atoms with Gasteiger partial charge in [0.15, 0.2) is 6.10 Å². The maximum Gasteiger partial charge on any atom is 0.306 e. The van der Waals surface area contributed by atoms with Crippen LogP contribution in [0.25, 0.3) is 0 Å². The van der Waals surface area contributed by atoms with E-state index in [2.05, 4.69) is 26.0 Å². The molecule has 1 unspecified atom stereocenters. The van der Waals surface area contributed by atoms with Gasteiger partial charge in [-0.25, -0.2) is 0 Å². The summed E-state index contributed by atoms with van der Waals surface area (Å²) in [4.78, 5) is 37.4. The van der Waals surface area contributed by atoms with Crippen molar-refractivity contribution in [2.45, 2.75) is 174 Å². The molecule has 10 nitrogen and oxygen atoms in total. The first-order chi connectivity index (χ1) is 26.4. The van der Waals surface area contributed by atoms with Crippen molar-refractivity contribution in [1.29, 1.82) is 0 Å². The highest BCUT2D eigenvalue weighted by Crippen LogP contribution is 2.38. The summed E-state index contributed by atoms with van der Waals surface area (Å²) in [5.41, 5.74) is 0. The summed E-state index contributed by atoms with van der Waals surface area (Å²) in [6, 6.07) is 0. The molecule has 0 radical (unpaired) electrons. The van der Waals surface area contributed by atoms with Gasteiger partial charge in [-0.1, -0.05) is 159 Å². The van der Waals surface area contributed by atoms with E-state index in [-0.39, 0.29) is 32.2 Å². The lowest BCUT2D eigenvalue weighted by molar-refractivity contribution is -0.870. The van der Waals surface area contributed by atoms with Crippen LogP contribution in [0.15, 0.2) is 48.6 Å². The standard InChI is InChI=1S/C44H80NO9P/c1-6-8-10-11-12-13-14-15-18-21-24-27-31-35-43(47)51-39-42(40-53-55(49,50)52-38-37-45(3,4)5)54-44(48)36-32-28-25-22-19-16-17-20-23-26-30-34-41(46)33-29-9-7-2/h16-17,22-23,25-26,30,34,41-42,46H,6-15,18-21,24,27-29,31-33,35-40H2,1-5H3/b17-16+,25-22-,26-23+,34-30+/t41-,42+/m0/s1. The highest BCUT2D eigenvalue weighted by molar-refractivity contribution is 7.45. The monoisotopic (exact) mass is 798 g/mol. The van der Waals surface area contributed by atoms with Gasteiger partial charge in [-0.05, 0) is 38.5 Å². The molecule has 0 aromatic rings. The van der Waals surface area contributed by atoms with Crippen LogP contribution in [0.3, 0.4) is 0 Å². The van der Waals surface area contributed by atoms with Gasteiger partial charge in [-0.2, -0.15) is 0 Å². The predicted octanol–water partition coefficient (Wildman–Crippen LogP) is 10.2. The Hall–Kier alpha value is -2.07. The first kappa shape index (κ1) is 52.9. The fraction of sp³-hybridized carbons (Fsp3) is 0.773. The van der Waals surface area contributed by atoms with Crippen LogP contribution in [0.2, 0.25) is 0 Å². The van der Waals surface area contributed by atoms with Crippen molar-refractivity contribution >= 4 is 19.8 Å². The molecule has 0 rings (SSSR count). The molecular formula is C44H80NO9P. The molecule has 0 heterocycles. The maximum atomic E-state index is 12.6. The minimum Gasteiger partial charge on any atom is -0.756 e. The summed E-state index contributed by atoms with van der Waals surface area (Å²) in [7, 11) is 1.10. The highest BCUT2D eigenvalue weighted by atomic mass is 31.2. The number of esters is 2. The van der Waals surface area contributed by atoms with Crippen molar-refractivity contribution in [3.8, 4) is 0 Å². The molecule has 0 fully saturated rings. The number of rotatable bonds is 38. The van der Waals surface area contributed by atoms with Crippen LogP contribution in [0.1, 0.15) is 162 Å². The van der Waals surface area contributed by atoms with Gasteiger partial charge in [-0.3, -0.25) is 14.2 Å². The van der Waals surface area contributed by atoms with Gasteiger partial charge in [-0.15, -0.1) is 0 Å². The number of carbonyl (C=O) groups excluding carboxylic acids is 2. The van der Waals surface area contributed by atoms with Crippen LogP contribution in [0, 0.1) is 0 Å². The van der Waals surface area contributed by atoms with Crippen molar-refractivity contribution in [2.75, 3.05) is 47.5 Å². The van der Waals surface area contributed by atoms with Crippen molar-refractivity contribution in [2.24, 2.45) is 0 Å². The second-order valence-electron chi connectivity index (χ2n) is 15.6. The van der Waals surface area contributed by atoms with Crippen LogP contribution in [0.4, 0.5) is 0 Å². The lowest BCUT2D eigenvalue weighted by Gasteiger charge is -2.28. The third-order valence-corrected chi connectivity index (χ3v) is 9.92. The molecule has 0 aliphatic heterocycles. The Morgan fingerprint density at radius 2 is 1.22 bits per heavy atom. The number of phosphoric ester groups is 1. The zero-order valence-electron chi connectivity index (χ0n) is 35.5. The van der Waals surface area contributed by atoms with E-state index in [9.17, 15) is 24.2 Å². The molecule has 3 atom stereocenters. The summed E-state index contributed by atoms with van der Waals surface area (Å²) in [6.45, 7) is 4.01. The van der Waals surface area contributed by atoms with Gasteiger partial charge in [0.05, 0.1) is 33.9 Å². The SMILES string of the molecule is CCCCCCCCCCCCCCCC(=O)OC[C@H](COP(=O)([O-])OCC[N+](C)(C)C)OC(=O)CCC/C=C\C/C=C/C/C=C/C=C/[C@@H](O)CCCCC. The van der Waals surface area contributed by atoms with E-state index in [1.807, 2.05) is 57.6 Å². The Morgan fingerprint density at radius 3 is 1.84 bits per heavy atom. The molecule has 0 amide bonds. The third kappa shape index (κ3) is 39.9. The fourth-order valence-electron chi connectivity index (χ4n) is 5.52. The molecule has 0 saturated heterocycles. The maximum absolute atomic E-state index is 12.6. The number of carbonyl (C=O) groups is 2. The number of nitrogens with zero attached hydrogens (tertiary/aromatic N) is 1. The predicted molar refractivity (Wildman–Crippen MR) is 223 cm³/mol. The van der Waals surface area contributed by atoms with Gasteiger partial charge in [0.1, 0.15) is 19.8 Å². The van der Waals surface area contributed by atoms with E-state index in [0.717, 1.165) is 57.8 Å². The van der Waals surface area contributed by atoms with Crippen LogP contribution in [-0.2, 0) is 32.7 Å². The normalized spacial score (nSPS) is 14.7. The molecule has 320 valence electrons. The molecule has 55 heavy (non-hydrogen) atoms. The van der Waals surface area contributed by atoms with Crippen molar-refractivity contribution in [1.82, 2.24) is 0 Å². The highest BCUT2D eigenvalue weighted by Gasteiger charge is 2.21. The Labute approximate surface area is 336 Å². The second kappa shape index (κ2) is 36.3. The average molecular weight is 798 g/mol. The summed E-state index contributed by atoms with van der Waals surface area (Å²) in [5.74, 6) is -0.927. The van der Waals surface area contributed by atoms with Gasteiger partial charge >= 0.3 is 11.9 Å². The molecule has 0 aromatic carbocycles. The van der Waals surface area contributed by atoms with Gasteiger partial charge in [0.2, 0.25) is 0 Å². The van der Waals surface area contributed by atoms with E-state index in [1.165, 1.54) is 64.2 Å². The molecule has 0 spiro atoms. The number of unbranched alkanes of at least 4 members (excludes halogenated alkanes) is 15. The number of likely N-dealkylation sites (N-methyl/N-ethyl adjacent to an activating group) is 1. The summed E-state index contributed by atoms with van der Waals surface area (Å²) in [5, 5.41) is 9.90. The van der Waals surface area contributed by atoms with Crippen LogP contribution < -0.4 is 4.89 Å². The fourth-order valence-corrected chi connectivity index (χ4v) is 6.25. The minimum absolute atomic E-state index is 0.0497. The lowest BCUT2D eigenvalue weighted by Crippen LogP contribution is -2.37. The number of hydrogen-bond acceptors (Lipinski definition) is 9. The second-order valence-corrected chi connectivity index (χ2v) is 17.0. The first-order valence-electron chi connectivity index (χ1n) is 21.5. The molecule has 0 saturated carbocycles. The number of quaternary nitrogens is 1. The number of ether oxygens (including phenoxy) is 2. The van der Waals surface area contributed by atoms with Gasteiger partial charge in [0.25, 0.3) is 7.82 Å². The zero-order valence-corrected chi connectivity index (χ0v) is 36.4. The Balaban J connectivity index is 4.52. The molecule has 0 aromatic heterocycles. The van der Waals surface area contributed by atoms with Gasteiger partial charge in [0, 0.05) is 12.8 Å². The van der Waals surface area contributed by atoms with E-state index in [0.29, 0.717) is 23.9 Å². The Bertz CT molecular complexity index is 1100. The van der Waals surface area contributed by atoms with E-state index < -0.39 is 32.5 Å². The van der Waals surface area contributed by atoms with Gasteiger partial charge < -0.3 is 33.0 Å². The number of hydrogen-bond donors (Lipinski definition) is 1. The smallest absolute Gasteiger partial charge is 0.306 e. The molecule has 1 N–H and O–H groups in total. The molecule has 0 aliphatic rings. The zero-order chi connectivity index (χ0) is 40.9. The van der Waals surface area contributed by atoms with E-state index in [4.69, 9.17) is 18.5 Å². The number of phosphoric acid groups is 1. The Morgan fingerprint density at radius 1 is 0.673 bits per heavy atom. The first-order valence-corrected chi connectivity index (χ1v) is 22.9. The number of allylic oxidation sites excluding steroid dienone is 7.